The van der Waals surface area contributed by atoms with Crippen LogP contribution in [0.25, 0.3) is 0 Å². The summed E-state index contributed by atoms with van der Waals surface area (Å²) < 4.78 is 5.53. The first kappa shape index (κ1) is 29.4. The molecule has 2 aliphatic heterocycles. The Kier molecular flexibility index (Phi) is 9.60. The van der Waals surface area contributed by atoms with Crippen molar-refractivity contribution in [2.75, 3.05) is 32.7 Å². The number of ether oxygens (including phenoxy) is 1. The summed E-state index contributed by atoms with van der Waals surface area (Å²) in [5, 5.41) is 0.734. The van der Waals surface area contributed by atoms with E-state index in [1.54, 1.807) is 4.90 Å². The van der Waals surface area contributed by atoms with E-state index in [2.05, 4.69) is 60.0 Å². The van der Waals surface area contributed by atoms with Crippen LogP contribution < -0.4 is 0 Å². The zero-order valence-corrected chi connectivity index (χ0v) is 24.9. The number of carbonyl (C=O) groups is 2. The number of nitrogens with zero attached hydrogens (tertiary/aromatic N) is 3. The van der Waals surface area contributed by atoms with Crippen molar-refractivity contribution < 1.29 is 14.3 Å². The molecule has 2 heterocycles. The highest BCUT2D eigenvalue weighted by molar-refractivity contribution is 6.30. The van der Waals surface area contributed by atoms with Crippen LogP contribution in [0.1, 0.15) is 71.0 Å². The minimum absolute atomic E-state index is 0.110. The van der Waals surface area contributed by atoms with Crippen LogP contribution in [0.4, 0.5) is 4.79 Å². The molecule has 212 valence electrons. The number of hydrogen-bond acceptors (Lipinski definition) is 4. The maximum absolute atomic E-state index is 13.6. The quantitative estimate of drug-likeness (QED) is 0.402. The summed E-state index contributed by atoms with van der Waals surface area (Å²) >= 11 is 6.21. The lowest BCUT2D eigenvalue weighted by atomic mass is 9.90. The van der Waals surface area contributed by atoms with Gasteiger partial charge in [0, 0.05) is 50.2 Å². The maximum atomic E-state index is 13.6. The van der Waals surface area contributed by atoms with E-state index in [4.69, 9.17) is 16.3 Å². The number of likely N-dealkylation sites (tertiary alicyclic amines) is 1. The first-order valence-corrected chi connectivity index (χ1v) is 14.7. The van der Waals surface area contributed by atoms with E-state index < -0.39 is 5.60 Å². The van der Waals surface area contributed by atoms with Crippen molar-refractivity contribution in [2.45, 2.75) is 71.6 Å². The molecule has 0 radical (unpaired) electrons. The second-order valence-electron chi connectivity index (χ2n) is 12.4. The Labute approximate surface area is 239 Å². The summed E-state index contributed by atoms with van der Waals surface area (Å²) in [5.74, 6) is 0.882. The summed E-state index contributed by atoms with van der Waals surface area (Å²) in [6.45, 7) is 13.7. The number of piperazine rings is 1. The molecular formula is C32H44ClN3O3. The van der Waals surface area contributed by atoms with Crippen LogP contribution in [-0.2, 0) is 9.53 Å². The summed E-state index contributed by atoms with van der Waals surface area (Å²) in [6.07, 6.45) is 1.97. The SMILES string of the molecule is CC(C)[C@H]1CN(C(c2ccccc2)c2ccc(Cl)cc2)CCN1C(=O)CC1CCN(C(=O)OC(C)(C)C)CC1. The van der Waals surface area contributed by atoms with Crippen LogP contribution in [0.3, 0.4) is 0 Å². The maximum Gasteiger partial charge on any atom is 0.410 e. The Hall–Kier alpha value is -2.57. The highest BCUT2D eigenvalue weighted by atomic mass is 35.5. The minimum Gasteiger partial charge on any atom is -0.444 e. The summed E-state index contributed by atoms with van der Waals surface area (Å²) in [5.41, 5.74) is 1.97. The Morgan fingerprint density at radius 3 is 2.13 bits per heavy atom. The molecule has 0 N–H and O–H groups in total. The van der Waals surface area contributed by atoms with E-state index in [0.29, 0.717) is 31.3 Å². The molecule has 6 nitrogen and oxygen atoms in total. The standard InChI is InChI=1S/C32H44ClN3O3/c1-23(2)28-22-35(30(25-9-7-6-8-10-25)26-11-13-27(33)14-12-26)19-20-36(28)29(37)21-24-15-17-34(18-16-24)31(38)39-32(3,4)5/h6-14,23-24,28,30H,15-22H2,1-5H3/t28-,30?/m1/s1. The van der Waals surface area contributed by atoms with Crippen molar-refractivity contribution in [1.82, 2.24) is 14.7 Å². The van der Waals surface area contributed by atoms with Crippen LogP contribution in [0, 0.1) is 11.8 Å². The molecule has 2 aromatic carbocycles. The fourth-order valence-electron chi connectivity index (χ4n) is 5.85. The lowest BCUT2D eigenvalue weighted by Gasteiger charge is -2.47. The molecule has 0 aliphatic carbocycles. The van der Waals surface area contributed by atoms with Gasteiger partial charge in [0.2, 0.25) is 5.91 Å². The molecule has 4 rings (SSSR count). The third-order valence-electron chi connectivity index (χ3n) is 7.94. The fourth-order valence-corrected chi connectivity index (χ4v) is 5.98. The molecule has 39 heavy (non-hydrogen) atoms. The molecule has 2 atom stereocenters. The Morgan fingerprint density at radius 2 is 1.54 bits per heavy atom. The molecule has 2 saturated heterocycles. The van der Waals surface area contributed by atoms with Crippen molar-refractivity contribution in [2.24, 2.45) is 11.8 Å². The second-order valence-corrected chi connectivity index (χ2v) is 12.8. The van der Waals surface area contributed by atoms with Gasteiger partial charge in [0.15, 0.2) is 0 Å². The minimum atomic E-state index is -0.495. The highest BCUT2D eigenvalue weighted by Crippen LogP contribution is 2.33. The van der Waals surface area contributed by atoms with E-state index in [1.807, 2.05) is 39.0 Å². The van der Waals surface area contributed by atoms with Crippen LogP contribution >= 0.6 is 11.6 Å². The van der Waals surface area contributed by atoms with Gasteiger partial charge in [-0.2, -0.15) is 0 Å². The van der Waals surface area contributed by atoms with Crippen molar-refractivity contribution in [3.05, 3.63) is 70.7 Å². The third-order valence-corrected chi connectivity index (χ3v) is 8.19. The smallest absolute Gasteiger partial charge is 0.410 e. The Balaban J connectivity index is 1.41. The fraction of sp³-hybridized carbons (Fsp3) is 0.562. The molecule has 0 saturated carbocycles. The molecule has 0 bridgehead atoms. The first-order chi connectivity index (χ1) is 18.5. The molecule has 7 heteroatoms. The number of rotatable bonds is 6. The van der Waals surface area contributed by atoms with Gasteiger partial charge in [-0.25, -0.2) is 4.79 Å². The van der Waals surface area contributed by atoms with E-state index in [9.17, 15) is 9.59 Å². The highest BCUT2D eigenvalue weighted by Gasteiger charge is 2.37. The van der Waals surface area contributed by atoms with Gasteiger partial charge in [0.25, 0.3) is 0 Å². The van der Waals surface area contributed by atoms with Crippen LogP contribution in [0.2, 0.25) is 5.02 Å². The van der Waals surface area contributed by atoms with Gasteiger partial charge in [-0.05, 0) is 68.7 Å². The monoisotopic (exact) mass is 553 g/mol. The number of benzene rings is 2. The van der Waals surface area contributed by atoms with Gasteiger partial charge in [-0.1, -0.05) is 67.9 Å². The average molecular weight is 554 g/mol. The number of halogens is 1. The van der Waals surface area contributed by atoms with Gasteiger partial charge < -0.3 is 14.5 Å². The van der Waals surface area contributed by atoms with Crippen molar-refractivity contribution in [1.29, 1.82) is 0 Å². The molecule has 2 aliphatic rings. The zero-order valence-electron chi connectivity index (χ0n) is 24.1. The largest absolute Gasteiger partial charge is 0.444 e. The lowest BCUT2D eigenvalue weighted by molar-refractivity contribution is -0.139. The van der Waals surface area contributed by atoms with Crippen molar-refractivity contribution in [3.8, 4) is 0 Å². The van der Waals surface area contributed by atoms with Crippen LogP contribution in [-0.4, -0.2) is 71.1 Å². The van der Waals surface area contributed by atoms with Gasteiger partial charge in [0.05, 0.1) is 6.04 Å². The molecule has 2 fully saturated rings. The average Bonchev–Trinajstić information content (AvgIpc) is 2.90. The normalized spacial score (nSPS) is 20.2. The van der Waals surface area contributed by atoms with E-state index >= 15 is 0 Å². The number of hydrogen-bond donors (Lipinski definition) is 0. The van der Waals surface area contributed by atoms with Gasteiger partial charge in [-0.3, -0.25) is 9.69 Å². The molecular weight excluding hydrogens is 510 g/mol. The van der Waals surface area contributed by atoms with Crippen molar-refractivity contribution >= 4 is 23.6 Å². The molecule has 0 spiro atoms. The summed E-state index contributed by atoms with van der Waals surface area (Å²) in [4.78, 5) is 32.5. The molecule has 1 unspecified atom stereocenters. The Bertz CT molecular complexity index is 1090. The van der Waals surface area contributed by atoms with Gasteiger partial charge in [-0.15, -0.1) is 0 Å². The van der Waals surface area contributed by atoms with E-state index in [-0.39, 0.29) is 24.1 Å². The van der Waals surface area contributed by atoms with Crippen LogP contribution in [0.15, 0.2) is 54.6 Å². The predicted octanol–water partition coefficient (Wildman–Crippen LogP) is 6.64. The van der Waals surface area contributed by atoms with Crippen LogP contribution in [0.5, 0.6) is 0 Å². The van der Waals surface area contributed by atoms with E-state index in [0.717, 1.165) is 37.5 Å². The van der Waals surface area contributed by atoms with Gasteiger partial charge >= 0.3 is 6.09 Å². The predicted molar refractivity (Wildman–Crippen MR) is 157 cm³/mol. The van der Waals surface area contributed by atoms with Gasteiger partial charge in [0.1, 0.15) is 5.60 Å². The van der Waals surface area contributed by atoms with E-state index in [1.165, 1.54) is 11.1 Å². The molecule has 2 aromatic rings. The third kappa shape index (κ3) is 7.76. The number of carbonyl (C=O) groups excluding carboxylic acids is 2. The Morgan fingerprint density at radius 1 is 0.923 bits per heavy atom. The lowest BCUT2D eigenvalue weighted by Crippen LogP contribution is -2.58. The van der Waals surface area contributed by atoms with Crippen molar-refractivity contribution in [3.63, 3.8) is 0 Å². The summed E-state index contributed by atoms with van der Waals surface area (Å²) in [7, 11) is 0. The number of piperidine rings is 1. The first-order valence-electron chi connectivity index (χ1n) is 14.3. The second kappa shape index (κ2) is 12.7. The number of amides is 2. The summed E-state index contributed by atoms with van der Waals surface area (Å²) in [6, 6.07) is 19.0. The zero-order chi connectivity index (χ0) is 28.2. The topological polar surface area (TPSA) is 53.1 Å². The molecule has 0 aromatic heterocycles. The molecule has 2 amide bonds.